The first-order valence-corrected chi connectivity index (χ1v) is 10.1. The Morgan fingerprint density at radius 2 is 2.12 bits per heavy atom. The number of carbonyl (C=O) groups excluding carboxylic acids is 1. The topological polar surface area (TPSA) is 144 Å². The Morgan fingerprint density at radius 1 is 1.38 bits per heavy atom. The van der Waals surface area contributed by atoms with E-state index in [0.29, 0.717) is 6.61 Å². The van der Waals surface area contributed by atoms with E-state index in [2.05, 4.69) is 0 Å². The lowest BCUT2D eigenvalue weighted by atomic mass is 10.1. The molecule has 11 nitrogen and oxygen atoms in total. The third-order valence-corrected chi connectivity index (χ3v) is 4.96. The van der Waals surface area contributed by atoms with E-state index in [1.165, 1.54) is 25.2 Å². The highest BCUT2D eigenvalue weighted by Crippen LogP contribution is 2.39. The van der Waals surface area contributed by atoms with Gasteiger partial charge in [0.2, 0.25) is 5.75 Å². The van der Waals surface area contributed by atoms with Gasteiger partial charge in [-0.05, 0) is 32.3 Å². The van der Waals surface area contributed by atoms with E-state index in [1.54, 1.807) is 13.0 Å². The Kier molecular flexibility index (Phi) is 9.24. The minimum absolute atomic E-state index is 0.0266. The van der Waals surface area contributed by atoms with Crippen LogP contribution >= 0.6 is 0 Å². The van der Waals surface area contributed by atoms with E-state index in [4.69, 9.17) is 18.9 Å². The summed E-state index contributed by atoms with van der Waals surface area (Å²) < 4.78 is 21.2. The zero-order valence-corrected chi connectivity index (χ0v) is 18.3. The Hall–Kier alpha value is -3.36. The number of benzene rings is 1. The van der Waals surface area contributed by atoms with Crippen LogP contribution < -0.4 is 9.47 Å². The summed E-state index contributed by atoms with van der Waals surface area (Å²) in [5.74, 6) is -1.59. The first-order chi connectivity index (χ1) is 15.4. The summed E-state index contributed by atoms with van der Waals surface area (Å²) in [5.41, 5.74) is -1.16. The molecular weight excluding hydrogens is 422 g/mol. The van der Waals surface area contributed by atoms with Crippen LogP contribution in [0, 0.1) is 21.4 Å². The largest absolute Gasteiger partial charge is 0.506 e. The fourth-order valence-corrected chi connectivity index (χ4v) is 3.26. The number of hydrogen-bond donors (Lipinski definition) is 1. The van der Waals surface area contributed by atoms with Gasteiger partial charge in [-0.15, -0.1) is 0 Å². The minimum Gasteiger partial charge on any atom is -0.506 e. The van der Waals surface area contributed by atoms with Gasteiger partial charge in [0.15, 0.2) is 17.6 Å². The third-order valence-electron chi connectivity index (χ3n) is 4.96. The molecule has 1 N–H and O–H groups in total. The molecule has 1 heterocycles. The molecule has 0 radical (unpaired) electrons. The number of methoxy groups -OCH3 is 2. The molecule has 0 spiro atoms. The van der Waals surface area contributed by atoms with Crippen molar-refractivity contribution in [3.63, 3.8) is 0 Å². The van der Waals surface area contributed by atoms with Crippen molar-refractivity contribution in [1.82, 2.24) is 4.90 Å². The lowest BCUT2D eigenvalue weighted by Gasteiger charge is -2.25. The zero-order valence-electron chi connectivity index (χ0n) is 18.3. The highest BCUT2D eigenvalue weighted by Gasteiger charge is 2.27. The molecule has 0 saturated carbocycles. The number of nitro benzene ring substituents is 1. The van der Waals surface area contributed by atoms with Crippen molar-refractivity contribution in [3.8, 4) is 17.6 Å². The van der Waals surface area contributed by atoms with Crippen molar-refractivity contribution in [1.29, 1.82) is 5.26 Å². The molecule has 1 aliphatic heterocycles. The molecule has 2 rings (SSSR count). The van der Waals surface area contributed by atoms with E-state index in [9.17, 15) is 25.3 Å². The summed E-state index contributed by atoms with van der Waals surface area (Å²) in [4.78, 5) is 24.9. The van der Waals surface area contributed by atoms with Gasteiger partial charge in [-0.2, -0.15) is 5.26 Å². The molecule has 174 valence electrons. The lowest BCUT2D eigenvalue weighted by molar-refractivity contribution is -0.385. The number of hydrogen-bond acceptors (Lipinski definition) is 9. The van der Waals surface area contributed by atoms with Crippen LogP contribution in [0.15, 0.2) is 17.7 Å². The van der Waals surface area contributed by atoms with E-state index in [1.807, 2.05) is 0 Å². The van der Waals surface area contributed by atoms with E-state index >= 15 is 0 Å². The molecular formula is C21H27N3O8. The van der Waals surface area contributed by atoms with Gasteiger partial charge in [0, 0.05) is 31.3 Å². The van der Waals surface area contributed by atoms with Gasteiger partial charge >= 0.3 is 5.69 Å². The fraction of sp³-hybridized carbons (Fsp3) is 0.524. The Balaban J connectivity index is 2.28. The third kappa shape index (κ3) is 5.87. The van der Waals surface area contributed by atoms with Crippen molar-refractivity contribution >= 4 is 17.4 Å². The number of amides is 1. The number of carbonyl (C=O) groups is 1. The maximum Gasteiger partial charge on any atom is 0.315 e. The second-order valence-corrected chi connectivity index (χ2v) is 6.88. The van der Waals surface area contributed by atoms with E-state index in [0.717, 1.165) is 25.3 Å². The number of aliphatic hydroxyl groups excluding tert-OH is 1. The molecule has 11 heteroatoms. The van der Waals surface area contributed by atoms with Gasteiger partial charge < -0.3 is 29.0 Å². The van der Waals surface area contributed by atoms with Gasteiger partial charge in [-0.1, -0.05) is 0 Å². The van der Waals surface area contributed by atoms with Crippen LogP contribution in [-0.2, 0) is 14.3 Å². The number of nitriles is 1. The van der Waals surface area contributed by atoms with Crippen LogP contribution in [0.2, 0.25) is 0 Å². The van der Waals surface area contributed by atoms with Crippen molar-refractivity contribution in [2.45, 2.75) is 32.5 Å². The molecule has 0 bridgehead atoms. The summed E-state index contributed by atoms with van der Waals surface area (Å²) in [6.45, 7) is 3.00. The standard InChI is InChI=1S/C21H27N3O8/c1-4-23(8-10-32-18-7-5-6-9-31-18)21(26)15(13-22)19(25)14-11-16(24(27)28)20(30-3)17(12-14)29-2/h11-12,18,25H,4-10H2,1-3H3/b19-15-. The fourth-order valence-electron chi connectivity index (χ4n) is 3.26. The molecule has 1 aromatic rings. The van der Waals surface area contributed by atoms with Crippen LogP contribution in [0.4, 0.5) is 5.69 Å². The van der Waals surface area contributed by atoms with Gasteiger partial charge in [0.05, 0.1) is 25.7 Å². The number of likely N-dealkylation sites (N-methyl/N-ethyl adjacent to an activating group) is 1. The minimum atomic E-state index is -0.724. The first kappa shape index (κ1) is 24.9. The molecule has 1 saturated heterocycles. The first-order valence-electron chi connectivity index (χ1n) is 10.1. The predicted molar refractivity (Wildman–Crippen MR) is 113 cm³/mol. The van der Waals surface area contributed by atoms with Crippen LogP contribution in [0.1, 0.15) is 31.7 Å². The second-order valence-electron chi connectivity index (χ2n) is 6.88. The number of rotatable bonds is 10. The molecule has 1 amide bonds. The monoisotopic (exact) mass is 449 g/mol. The summed E-state index contributed by atoms with van der Waals surface area (Å²) in [7, 11) is 2.52. The maximum atomic E-state index is 12.9. The predicted octanol–water partition coefficient (Wildman–Crippen LogP) is 2.80. The lowest BCUT2D eigenvalue weighted by Crippen LogP contribution is -2.36. The number of ether oxygens (including phenoxy) is 4. The van der Waals surface area contributed by atoms with E-state index in [-0.39, 0.29) is 43.0 Å². The van der Waals surface area contributed by atoms with Crippen molar-refractivity contribution in [2.75, 3.05) is 40.5 Å². The maximum absolute atomic E-state index is 12.9. The normalized spacial score (nSPS) is 16.5. The van der Waals surface area contributed by atoms with Crippen LogP contribution in [0.5, 0.6) is 11.5 Å². The average Bonchev–Trinajstić information content (AvgIpc) is 2.81. The Labute approximate surface area is 185 Å². The van der Waals surface area contributed by atoms with Gasteiger partial charge in [-0.25, -0.2) is 0 Å². The summed E-state index contributed by atoms with van der Waals surface area (Å²) in [6, 6.07) is 3.97. The molecule has 0 aliphatic carbocycles. The van der Waals surface area contributed by atoms with Crippen molar-refractivity contribution < 1.29 is 33.8 Å². The summed E-state index contributed by atoms with van der Waals surface area (Å²) >= 11 is 0. The molecule has 1 fully saturated rings. The second kappa shape index (κ2) is 11.9. The summed E-state index contributed by atoms with van der Waals surface area (Å²) in [5, 5.41) is 31.6. The highest BCUT2D eigenvalue weighted by molar-refractivity contribution is 6.03. The Morgan fingerprint density at radius 3 is 2.66 bits per heavy atom. The van der Waals surface area contributed by atoms with Gasteiger partial charge in [0.1, 0.15) is 11.8 Å². The quantitative estimate of drug-likeness (QED) is 0.187. The zero-order chi connectivity index (χ0) is 23.7. The van der Waals surface area contributed by atoms with E-state index < -0.39 is 27.9 Å². The smallest absolute Gasteiger partial charge is 0.315 e. The van der Waals surface area contributed by atoms with Crippen molar-refractivity contribution in [3.05, 3.63) is 33.4 Å². The number of nitrogens with zero attached hydrogens (tertiary/aromatic N) is 3. The molecule has 1 unspecified atom stereocenters. The number of aliphatic hydroxyl groups is 1. The van der Waals surface area contributed by atoms with Crippen LogP contribution in [-0.4, -0.2) is 67.6 Å². The molecule has 1 aliphatic rings. The van der Waals surface area contributed by atoms with Gasteiger partial charge in [0.25, 0.3) is 5.91 Å². The van der Waals surface area contributed by atoms with Crippen LogP contribution in [0.25, 0.3) is 5.76 Å². The average molecular weight is 449 g/mol. The SMILES string of the molecule is CCN(CCOC1CCCCO1)C(=O)/C(C#N)=C(\O)c1cc(OC)c(OC)c([N+](=O)[O-])c1. The molecule has 1 aromatic carbocycles. The Bertz CT molecular complexity index is 903. The molecule has 1 atom stereocenters. The van der Waals surface area contributed by atoms with Crippen molar-refractivity contribution in [2.24, 2.45) is 0 Å². The van der Waals surface area contributed by atoms with Gasteiger partial charge in [-0.3, -0.25) is 14.9 Å². The molecule has 32 heavy (non-hydrogen) atoms. The highest BCUT2D eigenvalue weighted by atomic mass is 16.7. The molecule has 0 aromatic heterocycles. The summed E-state index contributed by atoms with van der Waals surface area (Å²) in [6.07, 6.45) is 2.46. The number of nitro groups is 1. The van der Waals surface area contributed by atoms with Crippen LogP contribution in [0.3, 0.4) is 0 Å².